The van der Waals surface area contributed by atoms with Gasteiger partial charge in [0.05, 0.1) is 6.61 Å². The molecule has 0 heterocycles. The summed E-state index contributed by atoms with van der Waals surface area (Å²) in [6.45, 7) is 0.295. The summed E-state index contributed by atoms with van der Waals surface area (Å²) in [5, 5.41) is 3.02. The van der Waals surface area contributed by atoms with Crippen LogP contribution in [0.4, 0.5) is 0 Å². The summed E-state index contributed by atoms with van der Waals surface area (Å²) >= 11 is 1.66. The van der Waals surface area contributed by atoms with Crippen molar-refractivity contribution >= 4 is 40.9 Å². The molecule has 0 saturated heterocycles. The SMILES string of the molecule is COC/C(=C(\C=O)c1ccc(C(=O)CCC(=O)NC2CCCC2)cc1)c1ccc(SC)cc1. The molecular weight excluding hydrogens is 434 g/mol. The van der Waals surface area contributed by atoms with E-state index < -0.39 is 0 Å². The van der Waals surface area contributed by atoms with E-state index in [0.29, 0.717) is 17.7 Å². The number of allylic oxidation sites excluding steroid dienone is 1. The second-order valence-corrected chi connectivity index (χ2v) is 9.10. The molecule has 174 valence electrons. The second-order valence-electron chi connectivity index (χ2n) is 8.22. The fourth-order valence-electron chi connectivity index (χ4n) is 4.14. The largest absolute Gasteiger partial charge is 0.380 e. The fraction of sp³-hybridized carbons (Fsp3) is 0.370. The molecule has 0 unspecified atom stereocenters. The van der Waals surface area contributed by atoms with Gasteiger partial charge < -0.3 is 10.1 Å². The van der Waals surface area contributed by atoms with Crippen LogP contribution in [-0.4, -0.2) is 44.0 Å². The van der Waals surface area contributed by atoms with E-state index in [1.54, 1.807) is 43.1 Å². The van der Waals surface area contributed by atoms with E-state index in [4.69, 9.17) is 4.74 Å². The Hall–Kier alpha value is -2.70. The van der Waals surface area contributed by atoms with Gasteiger partial charge in [0, 0.05) is 42.0 Å². The molecule has 1 amide bonds. The third kappa shape index (κ3) is 6.89. The summed E-state index contributed by atoms with van der Waals surface area (Å²) < 4.78 is 5.37. The van der Waals surface area contributed by atoms with Gasteiger partial charge in [0.15, 0.2) is 12.1 Å². The Morgan fingerprint density at radius 2 is 1.58 bits per heavy atom. The number of Topliss-reactive ketones (excluding diaryl/α,β-unsaturated/α-hetero) is 1. The Morgan fingerprint density at radius 1 is 0.970 bits per heavy atom. The summed E-state index contributed by atoms with van der Waals surface area (Å²) in [5.74, 6) is -0.140. The van der Waals surface area contributed by atoms with Gasteiger partial charge >= 0.3 is 0 Å². The lowest BCUT2D eigenvalue weighted by Gasteiger charge is -2.13. The average Bonchev–Trinajstić information content (AvgIpc) is 3.36. The molecule has 0 aliphatic heterocycles. The van der Waals surface area contributed by atoms with Crippen molar-refractivity contribution in [2.75, 3.05) is 20.0 Å². The highest BCUT2D eigenvalue weighted by atomic mass is 32.2. The van der Waals surface area contributed by atoms with E-state index in [-0.39, 0.29) is 30.6 Å². The number of ketones is 1. The van der Waals surface area contributed by atoms with Crippen LogP contribution in [0.5, 0.6) is 0 Å². The minimum absolute atomic E-state index is 0.0604. The van der Waals surface area contributed by atoms with E-state index in [2.05, 4.69) is 5.32 Å². The Kier molecular flexibility index (Phi) is 9.46. The number of nitrogens with one attached hydrogen (secondary N) is 1. The predicted octanol–water partition coefficient (Wildman–Crippen LogP) is 5.19. The van der Waals surface area contributed by atoms with Crippen molar-refractivity contribution in [3.05, 3.63) is 65.2 Å². The highest BCUT2D eigenvalue weighted by Gasteiger charge is 2.18. The minimum atomic E-state index is -0.0791. The number of methoxy groups -OCH3 is 1. The highest BCUT2D eigenvalue weighted by Crippen LogP contribution is 2.27. The highest BCUT2D eigenvalue weighted by molar-refractivity contribution is 7.98. The molecule has 0 atom stereocenters. The Bertz CT molecular complexity index is 990. The van der Waals surface area contributed by atoms with Gasteiger partial charge in [-0.15, -0.1) is 11.8 Å². The molecule has 0 spiro atoms. The van der Waals surface area contributed by atoms with Gasteiger partial charge in [0.1, 0.15) is 0 Å². The number of rotatable bonds is 11. The number of ether oxygens (including phenoxy) is 1. The van der Waals surface area contributed by atoms with Crippen LogP contribution in [0.3, 0.4) is 0 Å². The first-order valence-corrected chi connectivity index (χ1v) is 12.5. The zero-order chi connectivity index (χ0) is 23.6. The summed E-state index contributed by atoms with van der Waals surface area (Å²) in [6, 6.07) is 15.3. The van der Waals surface area contributed by atoms with Crippen molar-refractivity contribution in [2.24, 2.45) is 0 Å². The van der Waals surface area contributed by atoms with Crippen LogP contribution < -0.4 is 5.32 Å². The first-order chi connectivity index (χ1) is 16.0. The van der Waals surface area contributed by atoms with Crippen LogP contribution in [-0.2, 0) is 14.3 Å². The molecule has 1 saturated carbocycles. The monoisotopic (exact) mass is 465 g/mol. The molecule has 0 bridgehead atoms. The Balaban J connectivity index is 1.71. The molecule has 1 aliphatic carbocycles. The van der Waals surface area contributed by atoms with Gasteiger partial charge in [-0.1, -0.05) is 49.2 Å². The number of carbonyl (C=O) groups is 3. The third-order valence-corrected chi connectivity index (χ3v) is 6.73. The number of thioether (sulfide) groups is 1. The molecule has 6 heteroatoms. The lowest BCUT2D eigenvalue weighted by molar-refractivity contribution is -0.121. The quantitative estimate of drug-likeness (QED) is 0.163. The van der Waals surface area contributed by atoms with Crippen LogP contribution in [0.25, 0.3) is 11.1 Å². The maximum atomic E-state index is 12.6. The van der Waals surface area contributed by atoms with E-state index in [9.17, 15) is 14.4 Å². The Labute approximate surface area is 200 Å². The summed E-state index contributed by atoms with van der Waals surface area (Å²) in [5.41, 5.74) is 3.51. The van der Waals surface area contributed by atoms with Crippen molar-refractivity contribution < 1.29 is 19.1 Å². The molecule has 33 heavy (non-hydrogen) atoms. The second kappa shape index (κ2) is 12.5. The zero-order valence-corrected chi connectivity index (χ0v) is 20.1. The molecule has 1 aliphatic rings. The lowest BCUT2D eigenvalue weighted by atomic mass is 9.94. The normalized spacial score (nSPS) is 14.6. The maximum absolute atomic E-state index is 12.6. The van der Waals surface area contributed by atoms with Gasteiger partial charge in [-0.05, 0) is 47.9 Å². The molecule has 1 N–H and O–H groups in total. The molecule has 1 fully saturated rings. The average molecular weight is 466 g/mol. The zero-order valence-electron chi connectivity index (χ0n) is 19.3. The van der Waals surface area contributed by atoms with Crippen molar-refractivity contribution in [3.8, 4) is 0 Å². The van der Waals surface area contributed by atoms with E-state index >= 15 is 0 Å². The number of aldehydes is 1. The molecule has 3 rings (SSSR count). The Morgan fingerprint density at radius 3 is 2.15 bits per heavy atom. The smallest absolute Gasteiger partial charge is 0.220 e. The number of hydrogen-bond donors (Lipinski definition) is 1. The summed E-state index contributed by atoms with van der Waals surface area (Å²) in [6.07, 6.45) is 7.58. The van der Waals surface area contributed by atoms with Crippen molar-refractivity contribution in [3.63, 3.8) is 0 Å². The molecule has 2 aromatic carbocycles. The molecular formula is C27H31NO4S. The number of carbonyl (C=O) groups excluding carboxylic acids is 3. The van der Waals surface area contributed by atoms with Gasteiger partial charge in [-0.3, -0.25) is 14.4 Å². The van der Waals surface area contributed by atoms with Crippen LogP contribution in [0.1, 0.15) is 60.0 Å². The van der Waals surface area contributed by atoms with Gasteiger partial charge in [-0.2, -0.15) is 0 Å². The van der Waals surface area contributed by atoms with E-state index in [1.807, 2.05) is 30.5 Å². The lowest BCUT2D eigenvalue weighted by Crippen LogP contribution is -2.32. The van der Waals surface area contributed by atoms with Crippen molar-refractivity contribution in [1.29, 1.82) is 0 Å². The van der Waals surface area contributed by atoms with Crippen molar-refractivity contribution in [2.45, 2.75) is 49.5 Å². The number of amides is 1. The molecule has 0 radical (unpaired) electrons. The summed E-state index contributed by atoms with van der Waals surface area (Å²) in [7, 11) is 1.60. The van der Waals surface area contributed by atoms with Gasteiger partial charge in [0.2, 0.25) is 5.91 Å². The first-order valence-electron chi connectivity index (χ1n) is 11.3. The molecule has 0 aromatic heterocycles. The third-order valence-electron chi connectivity index (χ3n) is 5.99. The van der Waals surface area contributed by atoms with Gasteiger partial charge in [-0.25, -0.2) is 0 Å². The van der Waals surface area contributed by atoms with Crippen LogP contribution >= 0.6 is 11.8 Å². The molecule has 2 aromatic rings. The van der Waals surface area contributed by atoms with Crippen LogP contribution in [0.2, 0.25) is 0 Å². The van der Waals surface area contributed by atoms with Crippen LogP contribution in [0, 0.1) is 0 Å². The number of benzene rings is 2. The van der Waals surface area contributed by atoms with E-state index in [1.165, 1.54) is 0 Å². The topological polar surface area (TPSA) is 72.5 Å². The predicted molar refractivity (Wildman–Crippen MR) is 133 cm³/mol. The van der Waals surface area contributed by atoms with Crippen molar-refractivity contribution in [1.82, 2.24) is 5.32 Å². The van der Waals surface area contributed by atoms with E-state index in [0.717, 1.165) is 53.6 Å². The standard InChI is InChI=1S/C27H31NO4S/c1-32-18-25(20-11-13-23(33-2)14-12-20)24(17-29)19-7-9-21(10-8-19)26(30)15-16-27(31)28-22-5-3-4-6-22/h7-14,17,22H,3-6,15-16,18H2,1-2H3,(H,28,31)/b25-24-. The van der Waals surface area contributed by atoms with Crippen LogP contribution in [0.15, 0.2) is 53.4 Å². The maximum Gasteiger partial charge on any atom is 0.220 e. The molecule has 5 nitrogen and oxygen atoms in total. The first kappa shape index (κ1) is 24.9. The fourth-order valence-corrected chi connectivity index (χ4v) is 4.55. The number of hydrogen-bond acceptors (Lipinski definition) is 5. The summed E-state index contributed by atoms with van der Waals surface area (Å²) in [4.78, 5) is 37.8. The van der Waals surface area contributed by atoms with Gasteiger partial charge in [0.25, 0.3) is 0 Å². The minimum Gasteiger partial charge on any atom is -0.380 e.